The van der Waals surface area contributed by atoms with Gasteiger partial charge in [0.25, 0.3) is 0 Å². The summed E-state index contributed by atoms with van der Waals surface area (Å²) < 4.78 is 0. The molecule has 29 heavy (non-hydrogen) atoms. The highest BCUT2D eigenvalue weighted by molar-refractivity contribution is 6.40. The number of hydrogen-bond donors (Lipinski definition) is 3. The minimum atomic E-state index is -0.718. The Balaban J connectivity index is 1.82. The Morgan fingerprint density at radius 1 is 1.28 bits per heavy atom. The van der Waals surface area contributed by atoms with Crippen molar-refractivity contribution in [1.82, 2.24) is 20.1 Å². The van der Waals surface area contributed by atoms with Crippen molar-refractivity contribution in [2.45, 2.75) is 33.7 Å². The Morgan fingerprint density at radius 2 is 2.03 bits per heavy atom. The van der Waals surface area contributed by atoms with Gasteiger partial charge in [-0.05, 0) is 24.0 Å². The number of rotatable bonds is 6. The molecule has 3 aromatic rings. The third-order valence-electron chi connectivity index (χ3n) is 5.10. The molecule has 1 unspecified atom stereocenters. The van der Waals surface area contributed by atoms with Crippen LogP contribution in [0.15, 0.2) is 36.7 Å². The van der Waals surface area contributed by atoms with E-state index in [4.69, 9.17) is 5.73 Å². The highest BCUT2D eigenvalue weighted by Gasteiger charge is 2.25. The maximum Gasteiger partial charge on any atom is 0.314 e. The van der Waals surface area contributed by atoms with Crippen LogP contribution in [-0.2, 0) is 16.1 Å². The molecule has 8 nitrogen and oxygen atoms in total. The number of anilines is 2. The first-order valence-electron chi connectivity index (χ1n) is 9.63. The van der Waals surface area contributed by atoms with Crippen LogP contribution in [0.1, 0.15) is 31.4 Å². The third kappa shape index (κ3) is 4.53. The van der Waals surface area contributed by atoms with E-state index >= 15 is 0 Å². The van der Waals surface area contributed by atoms with Gasteiger partial charge in [0.15, 0.2) is 0 Å². The van der Waals surface area contributed by atoms with Gasteiger partial charge in [-0.2, -0.15) is 5.10 Å². The van der Waals surface area contributed by atoms with Crippen molar-refractivity contribution in [2.75, 3.05) is 17.6 Å². The minimum Gasteiger partial charge on any atom is -0.383 e. The molecule has 2 heterocycles. The normalized spacial score (nSPS) is 12.0. The van der Waals surface area contributed by atoms with Crippen LogP contribution in [0.25, 0.3) is 10.9 Å². The molecule has 0 fully saturated rings. The van der Waals surface area contributed by atoms with Gasteiger partial charge >= 0.3 is 11.8 Å². The summed E-state index contributed by atoms with van der Waals surface area (Å²) in [5, 5.41) is 9.96. The van der Waals surface area contributed by atoms with E-state index in [-0.39, 0.29) is 5.92 Å². The molecular weight excluding hydrogens is 368 g/mol. The van der Waals surface area contributed by atoms with Crippen LogP contribution in [0.5, 0.6) is 0 Å². The number of nitrogens with two attached hydrogens (primary N) is 1. The molecule has 3 rings (SSSR count). The summed E-state index contributed by atoms with van der Waals surface area (Å²) in [4.78, 5) is 31.4. The van der Waals surface area contributed by atoms with E-state index in [1.807, 2.05) is 31.2 Å². The molecule has 1 atom stereocenters. The molecule has 0 aliphatic heterocycles. The molecule has 0 radical (unpaired) electrons. The predicted octanol–water partition coefficient (Wildman–Crippen LogP) is 2.86. The third-order valence-corrected chi connectivity index (χ3v) is 5.10. The Labute approximate surface area is 169 Å². The summed E-state index contributed by atoms with van der Waals surface area (Å²) >= 11 is 0. The fourth-order valence-corrected chi connectivity index (χ4v) is 3.09. The first kappa shape index (κ1) is 20.3. The molecule has 8 heteroatoms. The predicted molar refractivity (Wildman–Crippen MR) is 113 cm³/mol. The number of fused-ring (bicyclic) bond motifs is 1. The number of carbonyl (C=O) groups is 2. The van der Waals surface area contributed by atoms with Crippen molar-refractivity contribution in [1.29, 1.82) is 0 Å². The molecule has 0 saturated heterocycles. The Morgan fingerprint density at radius 3 is 2.76 bits per heavy atom. The topological polar surface area (TPSA) is 117 Å². The van der Waals surface area contributed by atoms with Crippen molar-refractivity contribution in [3.8, 4) is 0 Å². The molecule has 0 aliphatic carbocycles. The Bertz CT molecular complexity index is 1030. The van der Waals surface area contributed by atoms with Crippen molar-refractivity contribution < 1.29 is 9.59 Å². The lowest BCUT2D eigenvalue weighted by molar-refractivity contribution is -0.144. The average molecular weight is 394 g/mol. The second-order valence-electron chi connectivity index (χ2n) is 7.30. The molecule has 2 aromatic heterocycles. The van der Waals surface area contributed by atoms with Gasteiger partial charge in [-0.3, -0.25) is 14.7 Å². The lowest BCUT2D eigenvalue weighted by atomic mass is 10.1. The highest BCUT2D eigenvalue weighted by atomic mass is 16.2. The van der Waals surface area contributed by atoms with Gasteiger partial charge in [0.05, 0.1) is 29.0 Å². The molecule has 0 bridgehead atoms. The zero-order valence-corrected chi connectivity index (χ0v) is 16.9. The van der Waals surface area contributed by atoms with E-state index in [2.05, 4.69) is 34.3 Å². The fraction of sp³-hybridized carbons (Fsp3) is 0.333. The number of aromatic amines is 1. The molecule has 1 aromatic carbocycles. The van der Waals surface area contributed by atoms with Gasteiger partial charge in [-0.1, -0.05) is 44.5 Å². The molecular formula is C21H26N6O2. The van der Waals surface area contributed by atoms with Crippen LogP contribution in [0.2, 0.25) is 0 Å². The number of carbonyl (C=O) groups excluding carboxylic acids is 2. The van der Waals surface area contributed by atoms with Crippen LogP contribution >= 0.6 is 0 Å². The number of nitrogens with zero attached hydrogens (tertiary/aromatic N) is 3. The van der Waals surface area contributed by atoms with E-state index in [0.717, 1.165) is 17.5 Å². The quantitative estimate of drug-likeness (QED) is 0.556. The number of H-pyrrole nitrogens is 1. The minimum absolute atomic E-state index is 0.272. The number of pyridine rings is 1. The standard InChI is InChI=1S/C21H26N6O2/c1-4-13(2)11-27(12-15-8-6-5-7-14(15)3)21(29)20(28)25-17-10-23-19(22)16-9-24-26-18(16)17/h5-10,13H,4,11-12H2,1-3H3,(H2,22,23)(H,24,26)(H,25,28). The number of hydrogen-bond acceptors (Lipinski definition) is 5. The van der Waals surface area contributed by atoms with Crippen molar-refractivity contribution in [2.24, 2.45) is 5.92 Å². The summed E-state index contributed by atoms with van der Waals surface area (Å²) in [6.07, 6.45) is 3.86. The molecule has 0 spiro atoms. The average Bonchev–Trinajstić information content (AvgIpc) is 3.21. The van der Waals surface area contributed by atoms with Crippen LogP contribution in [-0.4, -0.2) is 38.4 Å². The summed E-state index contributed by atoms with van der Waals surface area (Å²) in [6.45, 7) is 7.00. The highest BCUT2D eigenvalue weighted by Crippen LogP contribution is 2.24. The van der Waals surface area contributed by atoms with Gasteiger partial charge in [0.1, 0.15) is 5.82 Å². The summed E-state index contributed by atoms with van der Waals surface area (Å²) in [5.74, 6) is -0.730. The zero-order chi connectivity index (χ0) is 21.0. The number of amides is 2. The molecule has 4 N–H and O–H groups in total. The number of nitrogen functional groups attached to an aromatic ring is 1. The van der Waals surface area contributed by atoms with E-state index in [0.29, 0.717) is 35.5 Å². The van der Waals surface area contributed by atoms with Crippen molar-refractivity contribution >= 4 is 34.2 Å². The summed E-state index contributed by atoms with van der Waals surface area (Å²) in [7, 11) is 0. The molecule has 152 valence electrons. The molecule has 0 saturated carbocycles. The number of nitrogens with one attached hydrogen (secondary N) is 2. The van der Waals surface area contributed by atoms with Crippen molar-refractivity contribution in [3.05, 3.63) is 47.8 Å². The lowest BCUT2D eigenvalue weighted by Gasteiger charge is -2.26. The van der Waals surface area contributed by atoms with Crippen LogP contribution < -0.4 is 11.1 Å². The van der Waals surface area contributed by atoms with Gasteiger partial charge in [-0.25, -0.2) is 4.98 Å². The molecule has 0 aliphatic rings. The zero-order valence-electron chi connectivity index (χ0n) is 16.9. The Hall–Kier alpha value is -3.42. The van der Waals surface area contributed by atoms with Crippen LogP contribution in [0.4, 0.5) is 11.5 Å². The smallest absolute Gasteiger partial charge is 0.314 e. The summed E-state index contributed by atoms with van der Waals surface area (Å²) in [5.41, 5.74) is 8.81. The van der Waals surface area contributed by atoms with Gasteiger partial charge < -0.3 is 16.0 Å². The maximum absolute atomic E-state index is 13.0. The largest absolute Gasteiger partial charge is 0.383 e. The van der Waals surface area contributed by atoms with E-state index in [9.17, 15) is 9.59 Å². The second kappa shape index (κ2) is 8.72. The first-order chi connectivity index (χ1) is 13.9. The first-order valence-corrected chi connectivity index (χ1v) is 9.63. The number of aromatic nitrogens is 3. The van der Waals surface area contributed by atoms with Crippen LogP contribution in [0.3, 0.4) is 0 Å². The van der Waals surface area contributed by atoms with Gasteiger partial charge in [0.2, 0.25) is 0 Å². The molecule has 2 amide bonds. The maximum atomic E-state index is 13.0. The van der Waals surface area contributed by atoms with Crippen LogP contribution in [0, 0.1) is 12.8 Å². The summed E-state index contributed by atoms with van der Waals surface area (Å²) in [6, 6.07) is 7.86. The number of aryl methyl sites for hydroxylation is 1. The van der Waals surface area contributed by atoms with E-state index in [1.54, 1.807) is 4.90 Å². The Kier molecular flexibility index (Phi) is 6.11. The van der Waals surface area contributed by atoms with Gasteiger partial charge in [-0.15, -0.1) is 0 Å². The van der Waals surface area contributed by atoms with E-state index in [1.165, 1.54) is 12.4 Å². The SMILES string of the molecule is CCC(C)CN(Cc1ccccc1C)C(=O)C(=O)Nc1cnc(N)c2cn[nH]c12. The second-order valence-corrected chi connectivity index (χ2v) is 7.30. The van der Waals surface area contributed by atoms with Crippen molar-refractivity contribution in [3.63, 3.8) is 0 Å². The lowest BCUT2D eigenvalue weighted by Crippen LogP contribution is -2.41. The van der Waals surface area contributed by atoms with E-state index < -0.39 is 11.8 Å². The van der Waals surface area contributed by atoms with Gasteiger partial charge in [0, 0.05) is 13.1 Å². The fourth-order valence-electron chi connectivity index (χ4n) is 3.09. The monoisotopic (exact) mass is 394 g/mol. The number of benzene rings is 1.